The van der Waals surface area contributed by atoms with Gasteiger partial charge in [-0.1, -0.05) is 12.1 Å². The zero-order valence-corrected chi connectivity index (χ0v) is 10.6. The molecule has 0 radical (unpaired) electrons. The maximum absolute atomic E-state index is 8.77. The van der Waals surface area contributed by atoms with Crippen molar-refractivity contribution in [2.24, 2.45) is 0 Å². The molecular weight excluding hydrogens is 244 g/mol. The number of nitrogens with one attached hydrogen (secondary N) is 1. The lowest BCUT2D eigenvalue weighted by Crippen LogP contribution is -2.04. The Balaban J connectivity index is 1.89. The first-order valence-electron chi connectivity index (χ1n) is 5.92. The number of rotatable bonds is 3. The molecule has 1 aromatic carbocycles. The van der Waals surface area contributed by atoms with Crippen LogP contribution in [0.3, 0.4) is 0 Å². The van der Waals surface area contributed by atoms with Gasteiger partial charge >= 0.3 is 0 Å². The van der Waals surface area contributed by atoms with E-state index < -0.39 is 0 Å². The van der Waals surface area contributed by atoms with E-state index >= 15 is 0 Å². The molecule has 0 saturated heterocycles. The van der Waals surface area contributed by atoms with Gasteiger partial charge in [-0.05, 0) is 42.8 Å². The Morgan fingerprint density at radius 3 is 2.72 bits per heavy atom. The molecule has 1 aromatic heterocycles. The number of aromatic amines is 1. The average Bonchev–Trinajstić information content (AvgIpc) is 3.17. The standard InChI is InChI=1S/C13H12N4S/c14-7-9-1-3-10(4-2-9)8-17-12(11-5-6-11)15-16-13(17)18/h1-4,11H,5-6,8H2,(H,16,18). The van der Waals surface area contributed by atoms with Crippen LogP contribution in [0.1, 0.15) is 35.7 Å². The molecule has 0 aliphatic heterocycles. The summed E-state index contributed by atoms with van der Waals surface area (Å²) in [6, 6.07) is 9.70. The fourth-order valence-corrected chi connectivity index (χ4v) is 2.21. The van der Waals surface area contributed by atoms with Gasteiger partial charge in [0.25, 0.3) is 0 Å². The normalized spacial score (nSPS) is 14.4. The summed E-state index contributed by atoms with van der Waals surface area (Å²) in [4.78, 5) is 0. The highest BCUT2D eigenvalue weighted by atomic mass is 32.1. The lowest BCUT2D eigenvalue weighted by molar-refractivity contribution is 0.719. The second kappa shape index (κ2) is 4.39. The fraction of sp³-hybridized carbons (Fsp3) is 0.308. The highest BCUT2D eigenvalue weighted by Gasteiger charge is 2.28. The highest BCUT2D eigenvalue weighted by Crippen LogP contribution is 2.38. The highest BCUT2D eigenvalue weighted by molar-refractivity contribution is 7.71. The van der Waals surface area contributed by atoms with Crippen LogP contribution >= 0.6 is 12.2 Å². The van der Waals surface area contributed by atoms with E-state index in [1.54, 1.807) is 0 Å². The van der Waals surface area contributed by atoms with Gasteiger partial charge in [-0.15, -0.1) is 0 Å². The Bertz CT molecular complexity index is 656. The Kier molecular flexibility index (Phi) is 2.73. The quantitative estimate of drug-likeness (QED) is 0.859. The molecule has 3 rings (SSSR count). The first-order chi connectivity index (χ1) is 8.78. The summed E-state index contributed by atoms with van der Waals surface area (Å²) in [5.74, 6) is 1.63. The molecule has 1 saturated carbocycles. The minimum Gasteiger partial charge on any atom is -0.299 e. The fourth-order valence-electron chi connectivity index (χ4n) is 2.00. The predicted octanol–water partition coefficient (Wildman–Crippen LogP) is 2.74. The van der Waals surface area contributed by atoms with E-state index in [0.29, 0.717) is 22.8 Å². The molecule has 4 nitrogen and oxygen atoms in total. The second-order valence-corrected chi connectivity index (χ2v) is 4.94. The maximum Gasteiger partial charge on any atom is 0.195 e. The van der Waals surface area contributed by atoms with Gasteiger partial charge in [0.05, 0.1) is 18.2 Å². The van der Waals surface area contributed by atoms with Crippen molar-refractivity contribution in [3.63, 3.8) is 0 Å². The van der Waals surface area contributed by atoms with Crippen molar-refractivity contribution < 1.29 is 0 Å². The third-order valence-electron chi connectivity index (χ3n) is 3.15. The zero-order valence-electron chi connectivity index (χ0n) is 9.76. The first kappa shape index (κ1) is 11.2. The molecule has 2 aromatic rings. The van der Waals surface area contributed by atoms with Crippen molar-refractivity contribution in [3.8, 4) is 6.07 Å². The number of benzene rings is 1. The summed E-state index contributed by atoms with van der Waals surface area (Å²) in [6.07, 6.45) is 2.40. The van der Waals surface area contributed by atoms with Crippen molar-refractivity contribution in [2.45, 2.75) is 25.3 Å². The molecule has 0 amide bonds. The molecule has 1 N–H and O–H groups in total. The monoisotopic (exact) mass is 256 g/mol. The van der Waals surface area contributed by atoms with Crippen LogP contribution in [0.2, 0.25) is 0 Å². The van der Waals surface area contributed by atoms with Crippen LogP contribution < -0.4 is 0 Å². The van der Waals surface area contributed by atoms with E-state index in [9.17, 15) is 0 Å². The Morgan fingerprint density at radius 1 is 1.39 bits per heavy atom. The minimum atomic E-state index is 0.566. The van der Waals surface area contributed by atoms with E-state index in [1.165, 1.54) is 12.8 Å². The molecule has 0 bridgehead atoms. The summed E-state index contributed by atoms with van der Waals surface area (Å²) < 4.78 is 2.72. The Hall–Kier alpha value is -1.93. The van der Waals surface area contributed by atoms with E-state index in [2.05, 4.69) is 16.3 Å². The topological polar surface area (TPSA) is 57.4 Å². The molecule has 0 atom stereocenters. The second-order valence-electron chi connectivity index (χ2n) is 4.56. The molecule has 0 spiro atoms. The lowest BCUT2D eigenvalue weighted by Gasteiger charge is -2.06. The van der Waals surface area contributed by atoms with Crippen LogP contribution in [-0.4, -0.2) is 14.8 Å². The largest absolute Gasteiger partial charge is 0.299 e. The molecule has 1 heterocycles. The molecule has 1 aliphatic carbocycles. The van der Waals surface area contributed by atoms with Gasteiger partial charge in [0.1, 0.15) is 5.82 Å². The number of hydrogen-bond acceptors (Lipinski definition) is 3. The van der Waals surface area contributed by atoms with Crippen LogP contribution in [-0.2, 0) is 6.54 Å². The molecule has 1 fully saturated rings. The molecule has 5 heteroatoms. The van der Waals surface area contributed by atoms with Gasteiger partial charge in [-0.3, -0.25) is 9.67 Å². The van der Waals surface area contributed by atoms with Crippen molar-refractivity contribution in [3.05, 3.63) is 46.0 Å². The number of hydrogen-bond donors (Lipinski definition) is 1. The molecular formula is C13H12N4S. The summed E-state index contributed by atoms with van der Waals surface area (Å²) in [5, 5.41) is 15.9. The van der Waals surface area contributed by atoms with E-state index in [0.717, 1.165) is 11.4 Å². The van der Waals surface area contributed by atoms with Gasteiger partial charge in [-0.2, -0.15) is 10.4 Å². The van der Waals surface area contributed by atoms with Crippen molar-refractivity contribution >= 4 is 12.2 Å². The van der Waals surface area contributed by atoms with Crippen LogP contribution in [0.4, 0.5) is 0 Å². The predicted molar refractivity (Wildman–Crippen MR) is 69.6 cm³/mol. The Labute approximate surface area is 110 Å². The van der Waals surface area contributed by atoms with Crippen LogP contribution in [0.15, 0.2) is 24.3 Å². The zero-order chi connectivity index (χ0) is 12.5. The lowest BCUT2D eigenvalue weighted by atomic mass is 10.1. The number of aromatic nitrogens is 3. The van der Waals surface area contributed by atoms with Gasteiger partial charge in [0.15, 0.2) is 4.77 Å². The SMILES string of the molecule is N#Cc1ccc(Cn2c(C3CC3)n[nH]c2=S)cc1. The summed E-state index contributed by atoms with van der Waals surface area (Å²) in [7, 11) is 0. The minimum absolute atomic E-state index is 0.566. The molecule has 90 valence electrons. The number of nitrogens with zero attached hydrogens (tertiary/aromatic N) is 3. The van der Waals surface area contributed by atoms with E-state index in [4.69, 9.17) is 17.5 Å². The number of nitriles is 1. The van der Waals surface area contributed by atoms with Gasteiger partial charge in [-0.25, -0.2) is 0 Å². The summed E-state index contributed by atoms with van der Waals surface area (Å²) >= 11 is 5.26. The third kappa shape index (κ3) is 2.07. The van der Waals surface area contributed by atoms with Crippen LogP contribution in [0.5, 0.6) is 0 Å². The smallest absolute Gasteiger partial charge is 0.195 e. The molecule has 18 heavy (non-hydrogen) atoms. The Morgan fingerprint density at radius 2 is 2.11 bits per heavy atom. The average molecular weight is 256 g/mol. The van der Waals surface area contributed by atoms with Crippen LogP contribution in [0.25, 0.3) is 0 Å². The van der Waals surface area contributed by atoms with E-state index in [-0.39, 0.29) is 0 Å². The van der Waals surface area contributed by atoms with Gasteiger partial charge in [0, 0.05) is 5.92 Å². The van der Waals surface area contributed by atoms with Crippen molar-refractivity contribution in [1.82, 2.24) is 14.8 Å². The first-order valence-corrected chi connectivity index (χ1v) is 6.33. The van der Waals surface area contributed by atoms with Gasteiger partial charge in [0.2, 0.25) is 0 Å². The summed E-state index contributed by atoms with van der Waals surface area (Å²) in [6.45, 7) is 0.715. The third-order valence-corrected chi connectivity index (χ3v) is 3.47. The summed E-state index contributed by atoms with van der Waals surface area (Å²) in [5.41, 5.74) is 1.81. The van der Waals surface area contributed by atoms with Crippen LogP contribution in [0, 0.1) is 16.1 Å². The maximum atomic E-state index is 8.77. The van der Waals surface area contributed by atoms with E-state index in [1.807, 2.05) is 28.8 Å². The van der Waals surface area contributed by atoms with Crippen molar-refractivity contribution in [2.75, 3.05) is 0 Å². The van der Waals surface area contributed by atoms with Crippen molar-refractivity contribution in [1.29, 1.82) is 5.26 Å². The molecule has 1 aliphatic rings. The van der Waals surface area contributed by atoms with Gasteiger partial charge < -0.3 is 0 Å². The number of H-pyrrole nitrogens is 1. The molecule has 0 unspecified atom stereocenters.